The molecule has 0 spiro atoms. The molecule has 2 heterocycles. The molecule has 0 aliphatic heterocycles. The Balaban J connectivity index is 0.00000312. The lowest BCUT2D eigenvalue weighted by atomic mass is 10.2. The van der Waals surface area contributed by atoms with E-state index < -0.39 is 0 Å². The first-order valence-electron chi connectivity index (χ1n) is 8.14. The van der Waals surface area contributed by atoms with Gasteiger partial charge in [-0.2, -0.15) is 5.10 Å². The Morgan fingerprint density at radius 2 is 2.16 bits per heavy atom. The largest absolute Gasteiger partial charge is 0.469 e. The molecule has 2 rings (SSSR count). The predicted molar refractivity (Wildman–Crippen MR) is 110 cm³/mol. The van der Waals surface area contributed by atoms with Crippen molar-refractivity contribution in [3.63, 3.8) is 0 Å². The number of guanidine groups is 1. The Morgan fingerprint density at radius 3 is 2.80 bits per heavy atom. The molecule has 8 heteroatoms. The summed E-state index contributed by atoms with van der Waals surface area (Å²) in [5.74, 6) is 1.73. The third kappa shape index (κ3) is 6.35. The van der Waals surface area contributed by atoms with Gasteiger partial charge in [0.05, 0.1) is 25.1 Å². The molecule has 0 unspecified atom stereocenters. The van der Waals surface area contributed by atoms with Crippen LogP contribution in [0, 0.1) is 13.8 Å². The number of nitrogens with one attached hydrogen (secondary N) is 2. The van der Waals surface area contributed by atoms with Crippen molar-refractivity contribution in [3.8, 4) is 0 Å². The second-order valence-corrected chi connectivity index (χ2v) is 5.55. The fraction of sp³-hybridized carbons (Fsp3) is 0.529. The van der Waals surface area contributed by atoms with E-state index in [1.165, 1.54) is 5.56 Å². The smallest absolute Gasteiger partial charge is 0.191 e. The summed E-state index contributed by atoms with van der Waals surface area (Å²) in [6.07, 6.45) is 2.51. The van der Waals surface area contributed by atoms with Gasteiger partial charge in [-0.15, -0.1) is 24.0 Å². The SMILES string of the molecule is CN=C(NCCc1ccco1)NCc1c(C)nn(CCOC)c1C.I. The second kappa shape index (κ2) is 11.1. The molecule has 140 valence electrons. The Labute approximate surface area is 166 Å². The molecule has 7 nitrogen and oxygen atoms in total. The maximum atomic E-state index is 5.32. The van der Waals surface area contributed by atoms with Crippen molar-refractivity contribution >= 4 is 29.9 Å². The Hall–Kier alpha value is -1.55. The third-order valence-corrected chi connectivity index (χ3v) is 3.94. The van der Waals surface area contributed by atoms with E-state index in [1.807, 2.05) is 23.7 Å². The van der Waals surface area contributed by atoms with Crippen LogP contribution in [0.4, 0.5) is 0 Å². The van der Waals surface area contributed by atoms with E-state index in [2.05, 4.69) is 27.6 Å². The predicted octanol–water partition coefficient (Wildman–Crippen LogP) is 2.27. The number of furan rings is 1. The molecule has 0 saturated heterocycles. The van der Waals surface area contributed by atoms with Crippen molar-refractivity contribution in [2.45, 2.75) is 33.4 Å². The van der Waals surface area contributed by atoms with Crippen LogP contribution in [-0.2, 0) is 24.2 Å². The average Bonchev–Trinajstić information content (AvgIpc) is 3.18. The van der Waals surface area contributed by atoms with Crippen molar-refractivity contribution < 1.29 is 9.15 Å². The molecule has 2 N–H and O–H groups in total. The maximum absolute atomic E-state index is 5.32. The molecule has 0 amide bonds. The zero-order valence-electron chi connectivity index (χ0n) is 15.3. The quantitative estimate of drug-likeness (QED) is 0.359. The van der Waals surface area contributed by atoms with Gasteiger partial charge in [-0.3, -0.25) is 9.67 Å². The van der Waals surface area contributed by atoms with Gasteiger partial charge in [0, 0.05) is 44.9 Å². The monoisotopic (exact) mass is 461 g/mol. The summed E-state index contributed by atoms with van der Waals surface area (Å²) in [5.41, 5.74) is 3.38. The van der Waals surface area contributed by atoms with E-state index in [4.69, 9.17) is 9.15 Å². The van der Waals surface area contributed by atoms with Crippen LogP contribution in [-0.4, -0.2) is 43.0 Å². The summed E-state index contributed by atoms with van der Waals surface area (Å²) >= 11 is 0. The summed E-state index contributed by atoms with van der Waals surface area (Å²) in [4.78, 5) is 4.25. The van der Waals surface area contributed by atoms with Gasteiger partial charge in [0.1, 0.15) is 5.76 Å². The van der Waals surface area contributed by atoms with E-state index in [9.17, 15) is 0 Å². The fourth-order valence-electron chi connectivity index (χ4n) is 2.54. The molecule has 2 aromatic rings. The zero-order valence-corrected chi connectivity index (χ0v) is 17.7. The second-order valence-electron chi connectivity index (χ2n) is 5.55. The van der Waals surface area contributed by atoms with Crippen LogP contribution >= 0.6 is 24.0 Å². The molecule has 0 bridgehead atoms. The lowest BCUT2D eigenvalue weighted by Gasteiger charge is -2.12. The van der Waals surface area contributed by atoms with Crippen molar-refractivity contribution in [1.82, 2.24) is 20.4 Å². The van der Waals surface area contributed by atoms with Crippen LogP contribution in [0.3, 0.4) is 0 Å². The van der Waals surface area contributed by atoms with Crippen LogP contribution < -0.4 is 10.6 Å². The number of aryl methyl sites for hydroxylation is 1. The summed E-state index contributed by atoms with van der Waals surface area (Å²) in [6.45, 7) is 6.98. The van der Waals surface area contributed by atoms with Crippen molar-refractivity contribution in [1.29, 1.82) is 0 Å². The maximum Gasteiger partial charge on any atom is 0.191 e. The highest BCUT2D eigenvalue weighted by molar-refractivity contribution is 14.0. The molecule has 2 aromatic heterocycles. The minimum Gasteiger partial charge on any atom is -0.469 e. The van der Waals surface area contributed by atoms with Crippen LogP contribution in [0.15, 0.2) is 27.8 Å². The molecule has 25 heavy (non-hydrogen) atoms. The van der Waals surface area contributed by atoms with Crippen molar-refractivity contribution in [2.75, 3.05) is 27.3 Å². The number of aromatic nitrogens is 2. The molecule has 0 aliphatic carbocycles. The van der Waals surface area contributed by atoms with E-state index >= 15 is 0 Å². The Kier molecular flexibility index (Phi) is 9.58. The van der Waals surface area contributed by atoms with Crippen molar-refractivity contribution in [2.24, 2.45) is 4.99 Å². The van der Waals surface area contributed by atoms with Gasteiger partial charge in [0.15, 0.2) is 5.96 Å². The minimum absolute atomic E-state index is 0. The first-order chi connectivity index (χ1) is 11.7. The highest BCUT2D eigenvalue weighted by Gasteiger charge is 2.11. The number of rotatable bonds is 8. The topological polar surface area (TPSA) is 76.6 Å². The van der Waals surface area contributed by atoms with Gasteiger partial charge in [0.2, 0.25) is 0 Å². The molecule has 0 atom stereocenters. The number of ether oxygens (including phenoxy) is 1. The summed E-state index contributed by atoms with van der Waals surface area (Å²) in [6, 6.07) is 3.87. The number of hydrogen-bond donors (Lipinski definition) is 2. The number of halogens is 1. The van der Waals surface area contributed by atoms with Gasteiger partial charge >= 0.3 is 0 Å². The van der Waals surface area contributed by atoms with Crippen LogP contribution in [0.25, 0.3) is 0 Å². The van der Waals surface area contributed by atoms with Crippen LogP contribution in [0.2, 0.25) is 0 Å². The van der Waals surface area contributed by atoms with Crippen LogP contribution in [0.5, 0.6) is 0 Å². The van der Waals surface area contributed by atoms with E-state index in [0.29, 0.717) is 13.2 Å². The number of aliphatic imine (C=N–C) groups is 1. The molecule has 0 fully saturated rings. The summed E-state index contributed by atoms with van der Waals surface area (Å²) in [7, 11) is 3.47. The lowest BCUT2D eigenvalue weighted by Crippen LogP contribution is -2.38. The first-order valence-corrected chi connectivity index (χ1v) is 8.14. The van der Waals surface area contributed by atoms with Crippen molar-refractivity contribution in [3.05, 3.63) is 41.1 Å². The van der Waals surface area contributed by atoms with Gasteiger partial charge in [-0.05, 0) is 26.0 Å². The lowest BCUT2D eigenvalue weighted by molar-refractivity contribution is 0.182. The minimum atomic E-state index is 0. The fourth-order valence-corrected chi connectivity index (χ4v) is 2.54. The zero-order chi connectivity index (χ0) is 17.4. The van der Waals surface area contributed by atoms with Gasteiger partial charge < -0.3 is 19.8 Å². The molecule has 0 aliphatic rings. The van der Waals surface area contributed by atoms with Gasteiger partial charge in [-0.1, -0.05) is 0 Å². The molecular formula is C17H28IN5O2. The molecule has 0 radical (unpaired) electrons. The number of nitrogens with zero attached hydrogens (tertiary/aromatic N) is 3. The highest BCUT2D eigenvalue weighted by atomic mass is 127. The summed E-state index contributed by atoms with van der Waals surface area (Å²) < 4.78 is 12.4. The molecule has 0 aromatic carbocycles. The number of hydrogen-bond acceptors (Lipinski definition) is 4. The third-order valence-electron chi connectivity index (χ3n) is 3.94. The molecular weight excluding hydrogens is 433 g/mol. The highest BCUT2D eigenvalue weighted by Crippen LogP contribution is 2.12. The first kappa shape index (κ1) is 21.5. The van der Waals surface area contributed by atoms with E-state index in [1.54, 1.807) is 20.4 Å². The van der Waals surface area contributed by atoms with E-state index in [0.717, 1.165) is 42.6 Å². The number of methoxy groups -OCH3 is 1. The summed E-state index contributed by atoms with van der Waals surface area (Å²) in [5, 5.41) is 11.2. The van der Waals surface area contributed by atoms with E-state index in [-0.39, 0.29) is 24.0 Å². The molecule has 0 saturated carbocycles. The Bertz CT molecular complexity index is 652. The van der Waals surface area contributed by atoms with Gasteiger partial charge in [-0.25, -0.2) is 0 Å². The normalized spacial score (nSPS) is 11.3. The van der Waals surface area contributed by atoms with Gasteiger partial charge in [0.25, 0.3) is 0 Å². The Morgan fingerprint density at radius 1 is 1.36 bits per heavy atom. The standard InChI is InChI=1S/C17H27N5O2.HI/c1-13-16(14(2)22(21-13)9-11-23-4)12-20-17(18-3)19-8-7-15-6-5-10-24-15;/h5-6,10H,7-9,11-12H2,1-4H3,(H2,18,19,20);1H. The van der Waals surface area contributed by atoms with Crippen LogP contribution in [0.1, 0.15) is 22.7 Å². The average molecular weight is 461 g/mol.